The highest BCUT2D eigenvalue weighted by molar-refractivity contribution is 6.03. The fourth-order valence-electron chi connectivity index (χ4n) is 4.62. The van der Waals surface area contributed by atoms with E-state index in [1.807, 2.05) is 13.1 Å². The van der Waals surface area contributed by atoms with Gasteiger partial charge >= 0.3 is 6.18 Å². The zero-order valence-corrected chi connectivity index (χ0v) is 17.6. The standard InChI is InChI=1S/C21H24F3N7O/c1-29-8-6-15-13(12-29)9-14(10-25-15)27-20(32)16-11-26-18-4-5-19(28-31(16)18)30-7-2-3-17(30)21(22,23)24/h4-5,9-11,17,19,28H,2-3,6-8,12H2,1H3,(H,27,32). The first kappa shape index (κ1) is 21.0. The van der Waals surface area contributed by atoms with Crippen LogP contribution in [0.4, 0.5) is 18.9 Å². The first-order valence-corrected chi connectivity index (χ1v) is 10.6. The summed E-state index contributed by atoms with van der Waals surface area (Å²) < 4.78 is 41.7. The molecular formula is C21H24F3N7O. The predicted octanol–water partition coefficient (Wildman–Crippen LogP) is 2.44. The van der Waals surface area contributed by atoms with Crippen LogP contribution >= 0.6 is 0 Å². The number of nitrogens with one attached hydrogen (secondary N) is 2. The summed E-state index contributed by atoms with van der Waals surface area (Å²) >= 11 is 0. The second-order valence-corrected chi connectivity index (χ2v) is 8.48. The second kappa shape index (κ2) is 7.89. The van der Waals surface area contributed by atoms with Crippen molar-refractivity contribution in [3.8, 4) is 0 Å². The summed E-state index contributed by atoms with van der Waals surface area (Å²) in [4.78, 5) is 25.2. The number of nitrogens with zero attached hydrogens (tertiary/aromatic N) is 5. The van der Waals surface area contributed by atoms with Crippen molar-refractivity contribution < 1.29 is 18.0 Å². The number of amides is 1. The molecule has 0 saturated carbocycles. The molecule has 0 aliphatic carbocycles. The first-order valence-electron chi connectivity index (χ1n) is 10.6. The lowest BCUT2D eigenvalue weighted by atomic mass is 10.1. The molecule has 2 N–H and O–H groups in total. The molecule has 2 unspecified atom stereocenters. The number of imidazole rings is 1. The summed E-state index contributed by atoms with van der Waals surface area (Å²) in [7, 11) is 2.03. The molecule has 1 saturated heterocycles. The predicted molar refractivity (Wildman–Crippen MR) is 112 cm³/mol. The second-order valence-electron chi connectivity index (χ2n) is 8.48. The van der Waals surface area contributed by atoms with Gasteiger partial charge in [0.15, 0.2) is 5.82 Å². The van der Waals surface area contributed by atoms with Crippen LogP contribution in [0.25, 0.3) is 6.08 Å². The molecule has 32 heavy (non-hydrogen) atoms. The molecule has 2 aromatic heterocycles. The number of likely N-dealkylation sites (N-methyl/N-ethyl adjacent to an activating group) is 1. The topological polar surface area (TPSA) is 78.3 Å². The molecule has 8 nitrogen and oxygen atoms in total. The van der Waals surface area contributed by atoms with Gasteiger partial charge in [0, 0.05) is 31.7 Å². The summed E-state index contributed by atoms with van der Waals surface area (Å²) in [5.41, 5.74) is 5.91. The van der Waals surface area contributed by atoms with Crippen LogP contribution in [-0.4, -0.2) is 68.9 Å². The normalized spacial score (nSPS) is 23.5. The maximum Gasteiger partial charge on any atom is 0.404 e. The summed E-state index contributed by atoms with van der Waals surface area (Å²) in [5, 5.41) is 2.84. The molecule has 11 heteroatoms. The SMILES string of the molecule is CN1CCc2ncc(NC(=O)c3cnc4n3NC(N3CCCC3C(F)(F)F)C=C4)cc2C1. The van der Waals surface area contributed by atoms with Gasteiger partial charge in [-0.15, -0.1) is 0 Å². The van der Waals surface area contributed by atoms with Crippen molar-refractivity contribution >= 4 is 17.7 Å². The molecule has 0 spiro atoms. The van der Waals surface area contributed by atoms with Gasteiger partial charge in [-0.3, -0.25) is 14.7 Å². The number of carbonyl (C=O) groups is 1. The number of alkyl halides is 3. The summed E-state index contributed by atoms with van der Waals surface area (Å²) in [6.07, 6.45) is 2.76. The quantitative estimate of drug-likeness (QED) is 0.753. The van der Waals surface area contributed by atoms with E-state index in [-0.39, 0.29) is 12.1 Å². The number of carbonyl (C=O) groups excluding carboxylic acids is 1. The number of aromatic nitrogens is 3. The maximum atomic E-state index is 13.4. The molecule has 0 aromatic carbocycles. The number of anilines is 1. The Labute approximate surface area is 183 Å². The molecule has 1 amide bonds. The zero-order valence-electron chi connectivity index (χ0n) is 17.6. The number of rotatable bonds is 3. The Kier molecular flexibility index (Phi) is 5.17. The van der Waals surface area contributed by atoms with Crippen LogP contribution in [-0.2, 0) is 13.0 Å². The van der Waals surface area contributed by atoms with E-state index in [1.165, 1.54) is 15.8 Å². The Hall–Kier alpha value is -2.92. The maximum absolute atomic E-state index is 13.4. The van der Waals surface area contributed by atoms with E-state index in [0.29, 0.717) is 24.5 Å². The average molecular weight is 447 g/mol. The van der Waals surface area contributed by atoms with E-state index >= 15 is 0 Å². The Morgan fingerprint density at radius 3 is 2.91 bits per heavy atom. The van der Waals surface area contributed by atoms with Gasteiger partial charge in [-0.05, 0) is 43.7 Å². The van der Waals surface area contributed by atoms with Gasteiger partial charge in [-0.25, -0.2) is 9.66 Å². The van der Waals surface area contributed by atoms with Gasteiger partial charge in [0.25, 0.3) is 5.91 Å². The largest absolute Gasteiger partial charge is 0.404 e. The molecule has 1 fully saturated rings. The van der Waals surface area contributed by atoms with Crippen molar-refractivity contribution in [2.24, 2.45) is 0 Å². The lowest BCUT2D eigenvalue weighted by Gasteiger charge is -2.35. The smallest absolute Gasteiger partial charge is 0.319 e. The third-order valence-electron chi connectivity index (χ3n) is 6.23. The van der Waals surface area contributed by atoms with Gasteiger partial charge in [-0.2, -0.15) is 13.2 Å². The fourth-order valence-corrected chi connectivity index (χ4v) is 4.62. The van der Waals surface area contributed by atoms with Crippen LogP contribution in [0.15, 0.2) is 24.5 Å². The third-order valence-corrected chi connectivity index (χ3v) is 6.23. The Balaban J connectivity index is 1.33. The van der Waals surface area contributed by atoms with Crippen LogP contribution in [0.2, 0.25) is 0 Å². The number of hydrogen-bond acceptors (Lipinski definition) is 6. The number of fused-ring (bicyclic) bond motifs is 2. The summed E-state index contributed by atoms with van der Waals surface area (Å²) in [6.45, 7) is 2.03. The lowest BCUT2D eigenvalue weighted by molar-refractivity contribution is -0.178. The number of hydrogen-bond donors (Lipinski definition) is 2. The molecule has 0 radical (unpaired) electrons. The van der Waals surface area contributed by atoms with Gasteiger partial charge in [0.2, 0.25) is 0 Å². The molecule has 3 aliphatic rings. The van der Waals surface area contributed by atoms with Gasteiger partial charge in [0.1, 0.15) is 17.9 Å². The molecule has 5 rings (SSSR count). The summed E-state index contributed by atoms with van der Waals surface area (Å²) in [6, 6.07) is 0.407. The van der Waals surface area contributed by atoms with E-state index in [2.05, 4.69) is 25.6 Å². The van der Waals surface area contributed by atoms with Crippen molar-refractivity contribution in [3.63, 3.8) is 0 Å². The molecule has 2 aromatic rings. The van der Waals surface area contributed by atoms with E-state index in [0.717, 1.165) is 30.8 Å². The summed E-state index contributed by atoms with van der Waals surface area (Å²) in [5.74, 6) is 0.0457. The third kappa shape index (κ3) is 3.86. The first-order chi connectivity index (χ1) is 15.3. The lowest BCUT2D eigenvalue weighted by Crippen LogP contribution is -2.52. The van der Waals surface area contributed by atoms with E-state index in [1.54, 1.807) is 18.3 Å². The van der Waals surface area contributed by atoms with Crippen LogP contribution in [0, 0.1) is 0 Å². The van der Waals surface area contributed by atoms with Crippen LogP contribution in [0.3, 0.4) is 0 Å². The van der Waals surface area contributed by atoms with E-state index in [4.69, 9.17) is 0 Å². The highest BCUT2D eigenvalue weighted by Gasteiger charge is 2.48. The molecule has 170 valence electrons. The van der Waals surface area contributed by atoms with Crippen LogP contribution in [0.5, 0.6) is 0 Å². The van der Waals surface area contributed by atoms with Gasteiger partial charge in [-0.1, -0.05) is 0 Å². The van der Waals surface area contributed by atoms with E-state index < -0.39 is 24.3 Å². The van der Waals surface area contributed by atoms with Crippen molar-refractivity contribution in [2.45, 2.75) is 44.2 Å². The van der Waals surface area contributed by atoms with Gasteiger partial charge in [0.05, 0.1) is 18.1 Å². The molecule has 0 bridgehead atoms. The minimum atomic E-state index is -4.30. The number of pyridine rings is 1. The van der Waals surface area contributed by atoms with Crippen molar-refractivity contribution in [1.82, 2.24) is 24.4 Å². The highest BCUT2D eigenvalue weighted by Crippen LogP contribution is 2.34. The van der Waals surface area contributed by atoms with Crippen molar-refractivity contribution in [3.05, 3.63) is 47.3 Å². The van der Waals surface area contributed by atoms with E-state index in [9.17, 15) is 18.0 Å². The molecule has 2 atom stereocenters. The minimum Gasteiger partial charge on any atom is -0.319 e. The number of halogens is 3. The fraction of sp³-hybridized carbons (Fsp3) is 0.476. The van der Waals surface area contributed by atoms with Crippen LogP contribution < -0.4 is 10.7 Å². The Morgan fingerprint density at radius 1 is 1.25 bits per heavy atom. The Morgan fingerprint density at radius 2 is 2.09 bits per heavy atom. The van der Waals surface area contributed by atoms with Crippen molar-refractivity contribution in [2.75, 3.05) is 30.9 Å². The zero-order chi connectivity index (χ0) is 22.5. The van der Waals surface area contributed by atoms with Crippen LogP contribution in [0.1, 0.15) is 40.4 Å². The highest BCUT2D eigenvalue weighted by atomic mass is 19.4. The van der Waals surface area contributed by atoms with Gasteiger partial charge < -0.3 is 15.6 Å². The minimum absolute atomic E-state index is 0.0696. The average Bonchev–Trinajstić information content (AvgIpc) is 3.40. The van der Waals surface area contributed by atoms with Crippen molar-refractivity contribution in [1.29, 1.82) is 0 Å². The monoisotopic (exact) mass is 447 g/mol. The molecule has 3 aliphatic heterocycles. The Bertz CT molecular complexity index is 1060. The molecule has 5 heterocycles. The number of likely N-dealkylation sites (tertiary alicyclic amines) is 1. The molecular weight excluding hydrogens is 423 g/mol.